The molecule has 18 heavy (non-hydrogen) atoms. The fourth-order valence-electron chi connectivity index (χ4n) is 1.77. The molecule has 0 aliphatic heterocycles. The molecule has 1 aromatic carbocycles. The number of benzene rings is 1. The Kier molecular flexibility index (Phi) is 3.99. The van der Waals surface area contributed by atoms with E-state index < -0.39 is 0 Å². The van der Waals surface area contributed by atoms with Gasteiger partial charge in [-0.3, -0.25) is 4.79 Å². The highest BCUT2D eigenvalue weighted by molar-refractivity contribution is 9.10. The molecule has 2 rings (SSSR count). The number of hydrogen-bond donors (Lipinski definition) is 0. The average Bonchev–Trinajstić information content (AvgIpc) is 2.35. The van der Waals surface area contributed by atoms with Gasteiger partial charge in [-0.2, -0.15) is 0 Å². The van der Waals surface area contributed by atoms with Gasteiger partial charge in [-0.25, -0.2) is 0 Å². The summed E-state index contributed by atoms with van der Waals surface area (Å²) in [5, 5.41) is 0. The summed E-state index contributed by atoms with van der Waals surface area (Å²) in [6, 6.07) is 9.68. The van der Waals surface area contributed by atoms with E-state index in [4.69, 9.17) is 4.74 Å². The summed E-state index contributed by atoms with van der Waals surface area (Å²) in [7, 11) is 3.43. The second-order valence-electron chi connectivity index (χ2n) is 4.11. The predicted octanol–water partition coefficient (Wildman–Crippen LogP) is 2.96. The fraction of sp³-hybridized carbons (Fsp3) is 0.214. The minimum absolute atomic E-state index is 0.0263. The lowest BCUT2D eigenvalue weighted by Crippen LogP contribution is -2.14. The highest BCUT2D eigenvalue weighted by atomic mass is 79.9. The molecule has 4 heteroatoms. The second-order valence-corrected chi connectivity index (χ2v) is 4.97. The third kappa shape index (κ3) is 2.71. The lowest BCUT2D eigenvalue weighted by atomic mass is 10.1. The maximum absolute atomic E-state index is 11.5. The summed E-state index contributed by atoms with van der Waals surface area (Å²) in [6.45, 7) is 0.606. The highest BCUT2D eigenvalue weighted by Gasteiger charge is 2.05. The van der Waals surface area contributed by atoms with Crippen molar-refractivity contribution in [3.63, 3.8) is 0 Å². The van der Waals surface area contributed by atoms with Crippen molar-refractivity contribution in [3.05, 3.63) is 56.9 Å². The predicted molar refractivity (Wildman–Crippen MR) is 75.5 cm³/mol. The number of pyridine rings is 1. The number of rotatable bonds is 3. The van der Waals surface area contributed by atoms with Crippen LogP contribution in [0.3, 0.4) is 0 Å². The van der Waals surface area contributed by atoms with Gasteiger partial charge in [0.15, 0.2) is 0 Å². The standard InChI is InChI=1S/C14H14BrNO2/c1-16-8-12(13(15)7-14(16)17)11-5-3-10(4-6-11)9-18-2/h3-8H,9H2,1-2H3. The first-order valence-corrected chi connectivity index (χ1v) is 6.35. The number of hydrogen-bond acceptors (Lipinski definition) is 2. The van der Waals surface area contributed by atoms with Crippen molar-refractivity contribution in [1.29, 1.82) is 0 Å². The first kappa shape index (κ1) is 13.1. The third-order valence-corrected chi connectivity index (χ3v) is 3.41. The molecule has 0 amide bonds. The van der Waals surface area contributed by atoms with Gasteiger partial charge in [0, 0.05) is 36.5 Å². The number of methoxy groups -OCH3 is 1. The molecule has 1 heterocycles. The molecule has 0 unspecified atom stereocenters. The largest absolute Gasteiger partial charge is 0.380 e. The minimum atomic E-state index is -0.0263. The maximum atomic E-state index is 11.5. The van der Waals surface area contributed by atoms with Gasteiger partial charge in [0.25, 0.3) is 5.56 Å². The van der Waals surface area contributed by atoms with Crippen molar-refractivity contribution in [3.8, 4) is 11.1 Å². The molecule has 3 nitrogen and oxygen atoms in total. The molecule has 0 aliphatic carbocycles. The van der Waals surface area contributed by atoms with E-state index in [1.54, 1.807) is 24.8 Å². The van der Waals surface area contributed by atoms with E-state index in [0.717, 1.165) is 21.2 Å². The van der Waals surface area contributed by atoms with Crippen molar-refractivity contribution in [1.82, 2.24) is 4.57 Å². The Hall–Kier alpha value is -1.39. The van der Waals surface area contributed by atoms with E-state index in [-0.39, 0.29) is 5.56 Å². The Bertz CT molecular complexity index is 602. The fourth-order valence-corrected chi connectivity index (χ4v) is 2.29. The van der Waals surface area contributed by atoms with Crippen molar-refractivity contribution in [2.24, 2.45) is 7.05 Å². The number of aromatic nitrogens is 1. The van der Waals surface area contributed by atoms with E-state index in [0.29, 0.717) is 6.61 Å². The number of ether oxygens (including phenoxy) is 1. The van der Waals surface area contributed by atoms with Crippen molar-refractivity contribution in [2.45, 2.75) is 6.61 Å². The monoisotopic (exact) mass is 307 g/mol. The SMILES string of the molecule is COCc1ccc(-c2cn(C)c(=O)cc2Br)cc1. The Morgan fingerprint density at radius 3 is 2.56 bits per heavy atom. The molecule has 0 bridgehead atoms. The zero-order chi connectivity index (χ0) is 13.1. The van der Waals surface area contributed by atoms with Crippen LogP contribution < -0.4 is 5.56 Å². The normalized spacial score (nSPS) is 10.6. The van der Waals surface area contributed by atoms with Crippen LogP contribution in [0, 0.1) is 0 Å². The molecule has 0 fully saturated rings. The van der Waals surface area contributed by atoms with Crippen LogP contribution in [0.5, 0.6) is 0 Å². The number of aryl methyl sites for hydroxylation is 1. The van der Waals surface area contributed by atoms with Gasteiger partial charge in [-0.15, -0.1) is 0 Å². The van der Waals surface area contributed by atoms with Crippen LogP contribution in [0.2, 0.25) is 0 Å². The van der Waals surface area contributed by atoms with Gasteiger partial charge in [0.2, 0.25) is 0 Å². The summed E-state index contributed by atoms with van der Waals surface area (Å²) in [6.07, 6.45) is 1.83. The molecule has 0 saturated heterocycles. The molecular weight excluding hydrogens is 294 g/mol. The number of halogens is 1. The molecule has 2 aromatic rings. The maximum Gasteiger partial charge on any atom is 0.251 e. The van der Waals surface area contributed by atoms with E-state index in [1.807, 2.05) is 30.5 Å². The van der Waals surface area contributed by atoms with Crippen LogP contribution in [-0.4, -0.2) is 11.7 Å². The van der Waals surface area contributed by atoms with E-state index >= 15 is 0 Å². The highest BCUT2D eigenvalue weighted by Crippen LogP contribution is 2.26. The number of nitrogens with zero attached hydrogens (tertiary/aromatic N) is 1. The first-order valence-electron chi connectivity index (χ1n) is 5.56. The average molecular weight is 308 g/mol. The van der Waals surface area contributed by atoms with Crippen LogP contribution in [0.25, 0.3) is 11.1 Å². The van der Waals surface area contributed by atoms with Gasteiger partial charge >= 0.3 is 0 Å². The lowest BCUT2D eigenvalue weighted by molar-refractivity contribution is 0.185. The zero-order valence-corrected chi connectivity index (χ0v) is 11.9. The molecule has 94 valence electrons. The molecule has 1 aromatic heterocycles. The molecule has 0 atom stereocenters. The van der Waals surface area contributed by atoms with Gasteiger partial charge < -0.3 is 9.30 Å². The topological polar surface area (TPSA) is 31.2 Å². The Labute approximate surface area is 114 Å². The smallest absolute Gasteiger partial charge is 0.251 e. The van der Waals surface area contributed by atoms with Gasteiger partial charge in [-0.1, -0.05) is 24.3 Å². The van der Waals surface area contributed by atoms with Crippen molar-refractivity contribution < 1.29 is 4.74 Å². The molecule has 0 N–H and O–H groups in total. The van der Waals surface area contributed by atoms with Gasteiger partial charge in [0.05, 0.1) is 6.61 Å². The Balaban J connectivity index is 2.42. The lowest BCUT2D eigenvalue weighted by Gasteiger charge is -2.08. The summed E-state index contributed by atoms with van der Waals surface area (Å²) in [5.41, 5.74) is 3.17. The van der Waals surface area contributed by atoms with E-state index in [2.05, 4.69) is 15.9 Å². The third-order valence-electron chi connectivity index (χ3n) is 2.75. The Morgan fingerprint density at radius 2 is 1.94 bits per heavy atom. The van der Waals surface area contributed by atoms with Crippen LogP contribution in [0.4, 0.5) is 0 Å². The summed E-state index contributed by atoms with van der Waals surface area (Å²) < 4.78 is 7.46. The van der Waals surface area contributed by atoms with Crippen LogP contribution in [0.1, 0.15) is 5.56 Å². The van der Waals surface area contributed by atoms with E-state index in [9.17, 15) is 4.79 Å². The first-order chi connectivity index (χ1) is 8.61. The minimum Gasteiger partial charge on any atom is -0.380 e. The van der Waals surface area contributed by atoms with Crippen molar-refractivity contribution in [2.75, 3.05) is 7.11 Å². The van der Waals surface area contributed by atoms with Gasteiger partial charge in [-0.05, 0) is 27.1 Å². The summed E-state index contributed by atoms with van der Waals surface area (Å²) >= 11 is 3.43. The Morgan fingerprint density at radius 1 is 1.28 bits per heavy atom. The molecule has 0 radical (unpaired) electrons. The van der Waals surface area contributed by atoms with Crippen LogP contribution in [0.15, 0.2) is 45.8 Å². The van der Waals surface area contributed by atoms with Crippen LogP contribution in [-0.2, 0) is 18.4 Å². The zero-order valence-electron chi connectivity index (χ0n) is 10.3. The molecule has 0 aliphatic rings. The van der Waals surface area contributed by atoms with Gasteiger partial charge in [0.1, 0.15) is 0 Å². The molecular formula is C14H14BrNO2. The molecule has 0 spiro atoms. The quantitative estimate of drug-likeness (QED) is 0.873. The van der Waals surface area contributed by atoms with E-state index in [1.165, 1.54) is 0 Å². The van der Waals surface area contributed by atoms with Crippen LogP contribution >= 0.6 is 15.9 Å². The summed E-state index contributed by atoms with van der Waals surface area (Å²) in [5.74, 6) is 0. The van der Waals surface area contributed by atoms with Crippen molar-refractivity contribution >= 4 is 15.9 Å². The molecule has 0 saturated carbocycles. The summed E-state index contributed by atoms with van der Waals surface area (Å²) in [4.78, 5) is 11.5. The second kappa shape index (κ2) is 5.50.